The lowest BCUT2D eigenvalue weighted by atomic mass is 10.1. The van der Waals surface area contributed by atoms with E-state index in [-0.39, 0.29) is 0 Å². The third-order valence-corrected chi connectivity index (χ3v) is 7.01. The lowest BCUT2D eigenvalue weighted by molar-refractivity contribution is 0.669. The third kappa shape index (κ3) is 2.48. The Hall–Kier alpha value is -4.83. The van der Waals surface area contributed by atoms with E-state index >= 15 is 0 Å². The molecule has 0 aliphatic rings. The Morgan fingerprint density at radius 2 is 1.34 bits per heavy atom. The zero-order valence-electron chi connectivity index (χ0n) is 18.7. The number of aromatic nitrogens is 3. The van der Waals surface area contributed by atoms with Crippen LogP contribution in [0.4, 0.5) is 0 Å². The SMILES string of the molecule is c1ccc(-n2cnc3c(-n4c5ccccc5c5ccc6oc7ccccc7c6c54)cccc32)cc1. The zero-order valence-corrected chi connectivity index (χ0v) is 18.7. The molecule has 5 aromatic carbocycles. The summed E-state index contributed by atoms with van der Waals surface area (Å²) in [5, 5.41) is 4.68. The van der Waals surface area contributed by atoms with Crippen LogP contribution in [0.5, 0.6) is 0 Å². The second kappa shape index (κ2) is 6.84. The Balaban J connectivity index is 1.56. The van der Waals surface area contributed by atoms with Crippen molar-refractivity contribution in [1.29, 1.82) is 0 Å². The van der Waals surface area contributed by atoms with Gasteiger partial charge in [-0.1, -0.05) is 60.7 Å². The van der Waals surface area contributed by atoms with Gasteiger partial charge in [-0.25, -0.2) is 4.98 Å². The summed E-state index contributed by atoms with van der Waals surface area (Å²) in [7, 11) is 0. The monoisotopic (exact) mass is 449 g/mol. The van der Waals surface area contributed by atoms with Gasteiger partial charge in [0.25, 0.3) is 0 Å². The third-order valence-electron chi connectivity index (χ3n) is 7.01. The maximum absolute atomic E-state index is 6.26. The van der Waals surface area contributed by atoms with Gasteiger partial charge in [0.15, 0.2) is 0 Å². The Morgan fingerprint density at radius 3 is 2.26 bits per heavy atom. The van der Waals surface area contributed by atoms with Crippen LogP contribution in [0.1, 0.15) is 0 Å². The fourth-order valence-corrected chi connectivity index (χ4v) is 5.51. The fraction of sp³-hybridized carbons (Fsp3) is 0. The van der Waals surface area contributed by atoms with E-state index in [1.807, 2.05) is 24.5 Å². The number of benzene rings is 5. The summed E-state index contributed by atoms with van der Waals surface area (Å²) in [5.74, 6) is 0. The molecular formula is C31H19N3O. The van der Waals surface area contributed by atoms with Gasteiger partial charge in [-0.3, -0.25) is 4.57 Å². The quantitative estimate of drug-likeness (QED) is 0.268. The first-order chi connectivity index (χ1) is 17.4. The molecule has 0 saturated carbocycles. The molecule has 0 amide bonds. The lowest BCUT2D eigenvalue weighted by Crippen LogP contribution is -1.96. The van der Waals surface area contributed by atoms with Crippen molar-refractivity contribution in [3.8, 4) is 11.4 Å². The fourth-order valence-electron chi connectivity index (χ4n) is 5.51. The second-order valence-electron chi connectivity index (χ2n) is 8.88. The molecule has 0 saturated heterocycles. The van der Waals surface area contributed by atoms with E-state index in [4.69, 9.17) is 9.40 Å². The minimum atomic E-state index is 0.893. The number of imidazole rings is 1. The van der Waals surface area contributed by atoms with Gasteiger partial charge in [-0.2, -0.15) is 0 Å². The summed E-state index contributed by atoms with van der Waals surface area (Å²) >= 11 is 0. The van der Waals surface area contributed by atoms with Crippen molar-refractivity contribution >= 4 is 54.8 Å². The molecule has 0 radical (unpaired) electrons. The van der Waals surface area contributed by atoms with Crippen molar-refractivity contribution in [3.63, 3.8) is 0 Å². The maximum atomic E-state index is 6.26. The van der Waals surface area contributed by atoms with Crippen LogP contribution >= 0.6 is 0 Å². The molecular weight excluding hydrogens is 430 g/mol. The standard InChI is InChI=1S/C31H19N3O/c1-2-9-20(10-3-1)33-19-32-30-25(33)14-8-15-26(30)34-24-13-6-4-11-21(24)22-17-18-28-29(31(22)34)23-12-5-7-16-27(23)35-28/h1-19H. The summed E-state index contributed by atoms with van der Waals surface area (Å²) in [6.07, 6.45) is 1.92. The maximum Gasteiger partial charge on any atom is 0.137 e. The van der Waals surface area contributed by atoms with Crippen LogP contribution in [0.2, 0.25) is 0 Å². The highest BCUT2D eigenvalue weighted by atomic mass is 16.3. The van der Waals surface area contributed by atoms with Crippen molar-refractivity contribution in [3.05, 3.63) is 116 Å². The van der Waals surface area contributed by atoms with Crippen molar-refractivity contribution < 1.29 is 4.42 Å². The summed E-state index contributed by atoms with van der Waals surface area (Å²) < 4.78 is 10.8. The molecule has 4 heteroatoms. The Bertz CT molecular complexity index is 2060. The van der Waals surface area contributed by atoms with Crippen molar-refractivity contribution in [2.24, 2.45) is 0 Å². The topological polar surface area (TPSA) is 35.9 Å². The summed E-state index contributed by atoms with van der Waals surface area (Å²) in [6.45, 7) is 0. The molecule has 8 rings (SSSR count). The minimum Gasteiger partial charge on any atom is -0.456 e. The van der Waals surface area contributed by atoms with Crippen LogP contribution in [0.15, 0.2) is 120 Å². The highest BCUT2D eigenvalue weighted by molar-refractivity contribution is 6.24. The van der Waals surface area contributed by atoms with E-state index in [0.717, 1.165) is 55.4 Å². The normalized spacial score (nSPS) is 12.0. The molecule has 0 fully saturated rings. The molecule has 8 aromatic rings. The Morgan fingerprint density at radius 1 is 0.571 bits per heavy atom. The Labute approximate surface area is 200 Å². The molecule has 3 aromatic heterocycles. The van der Waals surface area contributed by atoms with Gasteiger partial charge in [0, 0.05) is 21.8 Å². The average Bonchev–Trinajstić information content (AvgIpc) is 3.60. The first kappa shape index (κ1) is 18.6. The van der Waals surface area contributed by atoms with Crippen molar-refractivity contribution in [2.75, 3.05) is 0 Å². The van der Waals surface area contributed by atoms with E-state index in [9.17, 15) is 0 Å². The van der Waals surface area contributed by atoms with Crippen LogP contribution in [0.3, 0.4) is 0 Å². The molecule has 0 atom stereocenters. The molecule has 0 bridgehead atoms. The number of hydrogen-bond donors (Lipinski definition) is 0. The zero-order chi connectivity index (χ0) is 22.9. The average molecular weight is 450 g/mol. The smallest absolute Gasteiger partial charge is 0.137 e. The van der Waals surface area contributed by atoms with Gasteiger partial charge in [0.2, 0.25) is 0 Å². The van der Waals surface area contributed by atoms with Crippen molar-refractivity contribution in [2.45, 2.75) is 0 Å². The molecule has 0 spiro atoms. The highest BCUT2D eigenvalue weighted by Gasteiger charge is 2.20. The van der Waals surface area contributed by atoms with E-state index in [0.29, 0.717) is 0 Å². The van der Waals surface area contributed by atoms with Gasteiger partial charge >= 0.3 is 0 Å². The largest absolute Gasteiger partial charge is 0.456 e. The second-order valence-corrected chi connectivity index (χ2v) is 8.88. The molecule has 0 aliphatic carbocycles. The summed E-state index contributed by atoms with van der Waals surface area (Å²) in [4.78, 5) is 4.91. The molecule has 0 unspecified atom stereocenters. The van der Waals surface area contributed by atoms with Gasteiger partial charge < -0.3 is 8.98 Å². The molecule has 0 aliphatic heterocycles. The van der Waals surface area contributed by atoms with Crippen LogP contribution in [0.25, 0.3) is 66.2 Å². The molecule has 0 N–H and O–H groups in total. The number of rotatable bonds is 2. The first-order valence-electron chi connectivity index (χ1n) is 11.7. The predicted molar refractivity (Wildman–Crippen MR) is 143 cm³/mol. The summed E-state index contributed by atoms with van der Waals surface area (Å²) in [5.41, 5.74) is 8.28. The summed E-state index contributed by atoms with van der Waals surface area (Å²) in [6, 6.07) is 37.9. The number of fused-ring (bicyclic) bond motifs is 8. The van der Waals surface area contributed by atoms with Crippen LogP contribution in [0, 0.1) is 0 Å². The lowest BCUT2D eigenvalue weighted by Gasteiger charge is -2.10. The van der Waals surface area contributed by atoms with E-state index in [1.54, 1.807) is 0 Å². The van der Waals surface area contributed by atoms with Crippen LogP contribution in [-0.2, 0) is 0 Å². The van der Waals surface area contributed by atoms with Gasteiger partial charge in [-0.05, 0) is 48.5 Å². The number of hydrogen-bond acceptors (Lipinski definition) is 2. The minimum absolute atomic E-state index is 0.893. The molecule has 35 heavy (non-hydrogen) atoms. The van der Waals surface area contributed by atoms with Gasteiger partial charge in [0.05, 0.1) is 27.6 Å². The molecule has 164 valence electrons. The van der Waals surface area contributed by atoms with E-state index in [1.165, 1.54) is 10.8 Å². The highest BCUT2D eigenvalue weighted by Crippen LogP contribution is 2.41. The molecule has 3 heterocycles. The van der Waals surface area contributed by atoms with Crippen molar-refractivity contribution in [1.82, 2.24) is 14.1 Å². The van der Waals surface area contributed by atoms with E-state index in [2.05, 4.69) is 100 Å². The van der Waals surface area contributed by atoms with E-state index < -0.39 is 0 Å². The predicted octanol–water partition coefficient (Wildman–Crippen LogP) is 8.02. The number of para-hydroxylation sites is 4. The number of furan rings is 1. The number of nitrogens with zero attached hydrogens (tertiary/aromatic N) is 3. The van der Waals surface area contributed by atoms with Crippen LogP contribution in [-0.4, -0.2) is 14.1 Å². The van der Waals surface area contributed by atoms with Gasteiger partial charge in [-0.15, -0.1) is 0 Å². The Kier molecular flexibility index (Phi) is 3.63. The molecule has 4 nitrogen and oxygen atoms in total. The van der Waals surface area contributed by atoms with Crippen LogP contribution < -0.4 is 0 Å². The van der Waals surface area contributed by atoms with Gasteiger partial charge in [0.1, 0.15) is 23.0 Å². The first-order valence-corrected chi connectivity index (χ1v) is 11.7.